The summed E-state index contributed by atoms with van der Waals surface area (Å²) in [5.74, 6) is -0.399. The zero-order valence-corrected chi connectivity index (χ0v) is 11.0. The smallest absolute Gasteiger partial charge is 0.294 e. The molecule has 0 radical (unpaired) electrons. The molecular weight excluding hydrogens is 289 g/mol. The first kappa shape index (κ1) is 14.6. The number of hydrogen-bond donors (Lipinski definition) is 0. The molecule has 0 aliphatic carbocycles. The molecule has 0 N–H and O–H groups in total. The Bertz CT molecular complexity index is 635. The Balaban J connectivity index is 2.24. The molecule has 2 aromatic rings. The van der Waals surface area contributed by atoms with E-state index >= 15 is 0 Å². The fourth-order valence-corrected chi connectivity index (χ4v) is 1.99. The number of ketones is 1. The Morgan fingerprint density at radius 2 is 1.75 bits per heavy atom. The number of carbonyl (C=O) groups excluding carboxylic acids is 1. The number of hydrogen-bond acceptors (Lipinski definition) is 1. The zero-order chi connectivity index (χ0) is 14.8. The Labute approximate surface area is 119 Å². The molecule has 0 unspecified atom stereocenters. The molecule has 0 bridgehead atoms. The van der Waals surface area contributed by atoms with Crippen LogP contribution in [0.2, 0.25) is 5.02 Å². The second kappa shape index (κ2) is 5.67. The van der Waals surface area contributed by atoms with Gasteiger partial charge in [0, 0.05) is 17.0 Å². The number of alkyl halides is 3. The van der Waals surface area contributed by atoms with E-state index in [0.29, 0.717) is 10.6 Å². The minimum atomic E-state index is -4.46. The molecule has 0 atom stereocenters. The molecule has 0 aliphatic heterocycles. The molecule has 5 heteroatoms. The van der Waals surface area contributed by atoms with Crippen molar-refractivity contribution in [1.82, 2.24) is 0 Å². The fourth-order valence-electron chi connectivity index (χ4n) is 1.79. The van der Waals surface area contributed by atoms with Crippen molar-refractivity contribution in [2.45, 2.75) is 12.6 Å². The lowest BCUT2D eigenvalue weighted by molar-refractivity contribution is -0.137. The van der Waals surface area contributed by atoms with E-state index in [1.165, 1.54) is 12.1 Å². The summed E-state index contributed by atoms with van der Waals surface area (Å²) >= 11 is 5.93. The van der Waals surface area contributed by atoms with E-state index < -0.39 is 17.5 Å². The summed E-state index contributed by atoms with van der Waals surface area (Å²) < 4.78 is 37.8. The van der Waals surface area contributed by atoms with Crippen LogP contribution in [0.25, 0.3) is 0 Å². The lowest BCUT2D eigenvalue weighted by Crippen LogP contribution is -2.09. The third kappa shape index (κ3) is 3.39. The molecule has 2 rings (SSSR count). The maximum Gasteiger partial charge on any atom is 0.416 e. The largest absolute Gasteiger partial charge is 0.416 e. The Morgan fingerprint density at radius 1 is 1.05 bits per heavy atom. The van der Waals surface area contributed by atoms with E-state index in [2.05, 4.69) is 0 Å². The minimum Gasteiger partial charge on any atom is -0.294 e. The van der Waals surface area contributed by atoms with Gasteiger partial charge in [-0.3, -0.25) is 4.79 Å². The number of halogens is 4. The molecule has 20 heavy (non-hydrogen) atoms. The minimum absolute atomic E-state index is 0.0268. The van der Waals surface area contributed by atoms with E-state index in [9.17, 15) is 18.0 Å². The van der Waals surface area contributed by atoms with Crippen LogP contribution in [0.4, 0.5) is 13.2 Å². The summed E-state index contributed by atoms with van der Waals surface area (Å²) in [7, 11) is 0. The van der Waals surface area contributed by atoms with Gasteiger partial charge in [-0.25, -0.2) is 0 Å². The van der Waals surface area contributed by atoms with Gasteiger partial charge in [0.1, 0.15) is 0 Å². The first-order valence-corrected chi connectivity index (χ1v) is 6.19. The summed E-state index contributed by atoms with van der Waals surface area (Å²) in [6, 6.07) is 11.1. The third-order valence-electron chi connectivity index (χ3n) is 2.82. The summed E-state index contributed by atoms with van der Waals surface area (Å²) in [6.07, 6.45) is -4.48. The molecule has 0 saturated carbocycles. The summed E-state index contributed by atoms with van der Waals surface area (Å²) in [5.41, 5.74) is -0.209. The van der Waals surface area contributed by atoms with Gasteiger partial charge in [-0.2, -0.15) is 13.2 Å². The van der Waals surface area contributed by atoms with Gasteiger partial charge in [-0.05, 0) is 23.8 Å². The number of Topliss-reactive ketones (excluding diaryl/α,β-unsaturated/α-hetero) is 1. The zero-order valence-electron chi connectivity index (χ0n) is 10.2. The molecule has 1 nitrogen and oxygen atoms in total. The van der Waals surface area contributed by atoms with Crippen LogP contribution in [0.3, 0.4) is 0 Å². The van der Waals surface area contributed by atoms with Gasteiger partial charge in [0.25, 0.3) is 0 Å². The van der Waals surface area contributed by atoms with Gasteiger partial charge >= 0.3 is 6.18 Å². The quantitative estimate of drug-likeness (QED) is 0.745. The highest BCUT2D eigenvalue weighted by atomic mass is 35.5. The lowest BCUT2D eigenvalue weighted by Gasteiger charge is -2.08. The second-order valence-electron chi connectivity index (χ2n) is 4.27. The van der Waals surface area contributed by atoms with Crippen molar-refractivity contribution in [2.24, 2.45) is 0 Å². The molecular formula is C15H10ClF3O. The maximum atomic E-state index is 12.6. The summed E-state index contributed by atoms with van der Waals surface area (Å²) in [5, 5.41) is 0.424. The SMILES string of the molecule is O=C(Cc1ccccc1Cl)c1cccc(C(F)(F)F)c1. The predicted molar refractivity (Wildman–Crippen MR) is 70.9 cm³/mol. The molecule has 0 spiro atoms. The third-order valence-corrected chi connectivity index (χ3v) is 3.19. The van der Waals surface area contributed by atoms with Crippen LogP contribution >= 0.6 is 11.6 Å². The van der Waals surface area contributed by atoms with Crippen LogP contribution < -0.4 is 0 Å². The van der Waals surface area contributed by atoms with Crippen molar-refractivity contribution in [3.05, 3.63) is 70.2 Å². The molecule has 0 saturated heterocycles. The van der Waals surface area contributed by atoms with E-state index in [4.69, 9.17) is 11.6 Å². The number of carbonyl (C=O) groups is 1. The van der Waals surface area contributed by atoms with Crippen molar-refractivity contribution in [2.75, 3.05) is 0 Å². The van der Waals surface area contributed by atoms with Gasteiger partial charge in [0.15, 0.2) is 5.78 Å². The number of benzene rings is 2. The fraction of sp³-hybridized carbons (Fsp3) is 0.133. The highest BCUT2D eigenvalue weighted by molar-refractivity contribution is 6.31. The first-order valence-electron chi connectivity index (χ1n) is 5.82. The van der Waals surface area contributed by atoms with Crippen molar-refractivity contribution in [3.8, 4) is 0 Å². The first-order chi connectivity index (χ1) is 9.38. The van der Waals surface area contributed by atoms with Gasteiger partial charge < -0.3 is 0 Å². The lowest BCUT2D eigenvalue weighted by atomic mass is 10.0. The van der Waals surface area contributed by atoms with Crippen molar-refractivity contribution in [3.63, 3.8) is 0 Å². The molecule has 104 valence electrons. The molecule has 2 aromatic carbocycles. The molecule has 0 heterocycles. The average Bonchev–Trinajstić information content (AvgIpc) is 2.40. The van der Waals surface area contributed by atoms with Crippen LogP contribution in [-0.2, 0) is 12.6 Å². The van der Waals surface area contributed by atoms with E-state index in [1.807, 2.05) is 0 Å². The van der Waals surface area contributed by atoms with Crippen molar-refractivity contribution < 1.29 is 18.0 Å². The topological polar surface area (TPSA) is 17.1 Å². The molecule has 0 fully saturated rings. The van der Waals surface area contributed by atoms with Crippen molar-refractivity contribution >= 4 is 17.4 Å². The molecule has 0 aliphatic rings. The highest BCUT2D eigenvalue weighted by Gasteiger charge is 2.30. The number of rotatable bonds is 3. The van der Waals surface area contributed by atoms with Crippen molar-refractivity contribution in [1.29, 1.82) is 0 Å². The van der Waals surface area contributed by atoms with Gasteiger partial charge in [0.2, 0.25) is 0 Å². The highest BCUT2D eigenvalue weighted by Crippen LogP contribution is 2.30. The Hall–Kier alpha value is -1.81. The standard InChI is InChI=1S/C15H10ClF3O/c16-13-7-2-1-4-10(13)9-14(20)11-5-3-6-12(8-11)15(17,18)19/h1-8H,9H2. The average molecular weight is 299 g/mol. The molecule has 0 amide bonds. The van der Waals surface area contributed by atoms with Gasteiger partial charge in [-0.15, -0.1) is 0 Å². The maximum absolute atomic E-state index is 12.6. The summed E-state index contributed by atoms with van der Waals surface area (Å²) in [6.45, 7) is 0. The van der Waals surface area contributed by atoms with Crippen LogP contribution in [-0.4, -0.2) is 5.78 Å². The monoisotopic (exact) mass is 298 g/mol. The normalized spacial score (nSPS) is 11.4. The Morgan fingerprint density at radius 3 is 2.40 bits per heavy atom. The van der Waals surface area contributed by atoms with Crippen LogP contribution in [0, 0.1) is 0 Å². The van der Waals surface area contributed by atoms with E-state index in [1.54, 1.807) is 24.3 Å². The van der Waals surface area contributed by atoms with Crippen LogP contribution in [0.1, 0.15) is 21.5 Å². The Kier molecular flexibility index (Phi) is 4.14. The predicted octanol–water partition coefficient (Wildman–Crippen LogP) is 4.78. The van der Waals surface area contributed by atoms with Gasteiger partial charge in [0.05, 0.1) is 5.56 Å². The van der Waals surface area contributed by atoms with Crippen LogP contribution in [0.15, 0.2) is 48.5 Å². The molecule has 0 aromatic heterocycles. The van der Waals surface area contributed by atoms with Gasteiger partial charge in [-0.1, -0.05) is 41.9 Å². The van der Waals surface area contributed by atoms with Crippen LogP contribution in [0.5, 0.6) is 0 Å². The summed E-state index contributed by atoms with van der Waals surface area (Å²) in [4.78, 5) is 12.0. The van der Waals surface area contributed by atoms with E-state index in [-0.39, 0.29) is 12.0 Å². The second-order valence-corrected chi connectivity index (χ2v) is 4.68. The van der Waals surface area contributed by atoms with E-state index in [0.717, 1.165) is 12.1 Å².